The third-order valence-corrected chi connectivity index (χ3v) is 5.44. The zero-order valence-electron chi connectivity index (χ0n) is 9.97. The Morgan fingerprint density at radius 2 is 2.12 bits per heavy atom. The minimum absolute atomic E-state index is 0.0191. The van der Waals surface area contributed by atoms with Crippen LogP contribution in [0.4, 0.5) is 0 Å². The highest BCUT2D eigenvalue weighted by Crippen LogP contribution is 2.23. The predicted molar refractivity (Wildman–Crippen MR) is 65.2 cm³/mol. The molecule has 2 saturated heterocycles. The summed E-state index contributed by atoms with van der Waals surface area (Å²) in [4.78, 5) is 13.8. The lowest BCUT2D eigenvalue weighted by molar-refractivity contribution is -0.133. The molecule has 0 saturated carbocycles. The highest BCUT2D eigenvalue weighted by molar-refractivity contribution is 7.91. The van der Waals surface area contributed by atoms with E-state index in [2.05, 4.69) is 0 Å². The summed E-state index contributed by atoms with van der Waals surface area (Å²) in [6, 6.07) is 0.0833. The van der Waals surface area contributed by atoms with Crippen LogP contribution in [0, 0.1) is 5.92 Å². The van der Waals surface area contributed by atoms with Crippen molar-refractivity contribution in [2.45, 2.75) is 31.7 Å². The Balaban J connectivity index is 1.85. The monoisotopic (exact) mass is 260 g/mol. The number of likely N-dealkylation sites (tertiary alicyclic amines) is 1. The van der Waals surface area contributed by atoms with Gasteiger partial charge in [0.2, 0.25) is 5.91 Å². The Morgan fingerprint density at radius 1 is 1.35 bits per heavy atom. The fourth-order valence-electron chi connectivity index (χ4n) is 2.65. The molecule has 0 bridgehead atoms. The van der Waals surface area contributed by atoms with Crippen molar-refractivity contribution in [2.75, 3.05) is 24.6 Å². The topological polar surface area (TPSA) is 80.5 Å². The van der Waals surface area contributed by atoms with Crippen molar-refractivity contribution in [2.24, 2.45) is 11.7 Å². The summed E-state index contributed by atoms with van der Waals surface area (Å²) in [7, 11) is -2.88. The first-order valence-corrected chi connectivity index (χ1v) is 8.02. The second-order valence-corrected chi connectivity index (χ2v) is 7.44. The van der Waals surface area contributed by atoms with Crippen molar-refractivity contribution < 1.29 is 13.2 Å². The van der Waals surface area contributed by atoms with Crippen LogP contribution >= 0.6 is 0 Å². The Hall–Kier alpha value is -0.620. The summed E-state index contributed by atoms with van der Waals surface area (Å²) in [5.41, 5.74) is 5.82. The summed E-state index contributed by atoms with van der Waals surface area (Å²) in [5.74, 6) is 0.510. The van der Waals surface area contributed by atoms with Crippen LogP contribution in [0.3, 0.4) is 0 Å². The number of nitrogens with zero attached hydrogens (tertiary/aromatic N) is 1. The van der Waals surface area contributed by atoms with Crippen LogP contribution in [0.25, 0.3) is 0 Å². The molecule has 2 aliphatic rings. The van der Waals surface area contributed by atoms with Gasteiger partial charge in [-0.3, -0.25) is 4.79 Å². The summed E-state index contributed by atoms with van der Waals surface area (Å²) in [5, 5.41) is 0. The summed E-state index contributed by atoms with van der Waals surface area (Å²) in [6.45, 7) is 1.39. The van der Waals surface area contributed by atoms with Gasteiger partial charge in [0.25, 0.3) is 0 Å². The Labute approximate surface area is 102 Å². The zero-order valence-corrected chi connectivity index (χ0v) is 10.8. The van der Waals surface area contributed by atoms with Gasteiger partial charge >= 0.3 is 0 Å². The van der Waals surface area contributed by atoms with Crippen molar-refractivity contribution in [3.63, 3.8) is 0 Å². The normalized spacial score (nSPS) is 32.6. The number of hydrogen-bond donors (Lipinski definition) is 1. The molecule has 1 amide bonds. The molecule has 2 fully saturated rings. The fraction of sp³-hybridized carbons (Fsp3) is 0.909. The quantitative estimate of drug-likeness (QED) is 0.743. The molecule has 2 N–H and O–H groups in total. The maximum Gasteiger partial charge on any atom is 0.222 e. The Kier molecular flexibility index (Phi) is 3.73. The zero-order chi connectivity index (χ0) is 12.5. The van der Waals surface area contributed by atoms with Gasteiger partial charge in [-0.25, -0.2) is 8.42 Å². The van der Waals surface area contributed by atoms with Gasteiger partial charge in [0.15, 0.2) is 9.84 Å². The van der Waals surface area contributed by atoms with E-state index in [1.54, 1.807) is 4.90 Å². The van der Waals surface area contributed by atoms with Crippen molar-refractivity contribution in [3.8, 4) is 0 Å². The van der Waals surface area contributed by atoms with Crippen molar-refractivity contribution in [1.29, 1.82) is 0 Å². The fourth-order valence-corrected chi connectivity index (χ4v) is 4.51. The largest absolute Gasteiger partial charge is 0.341 e. The maximum absolute atomic E-state index is 12.0. The standard InChI is InChI=1S/C11H20N2O3S/c12-10-2-1-4-13(7-10)11(14)6-9-3-5-17(15,16)8-9/h9-10H,1-8,12H2. The molecule has 17 heavy (non-hydrogen) atoms. The maximum atomic E-state index is 12.0. The first kappa shape index (κ1) is 12.8. The van der Waals surface area contributed by atoms with Gasteiger partial charge < -0.3 is 10.6 Å². The third kappa shape index (κ3) is 3.42. The van der Waals surface area contributed by atoms with Crippen LogP contribution < -0.4 is 5.73 Å². The van der Waals surface area contributed by atoms with E-state index >= 15 is 0 Å². The molecular weight excluding hydrogens is 240 g/mol. The number of carbonyl (C=O) groups is 1. The number of hydrogen-bond acceptors (Lipinski definition) is 4. The lowest BCUT2D eigenvalue weighted by atomic mass is 10.0. The average molecular weight is 260 g/mol. The molecular formula is C11H20N2O3S. The molecule has 0 radical (unpaired) electrons. The first-order valence-electron chi connectivity index (χ1n) is 6.20. The molecule has 0 spiro atoms. The minimum Gasteiger partial charge on any atom is -0.341 e. The number of amides is 1. The molecule has 98 valence electrons. The number of nitrogens with two attached hydrogens (primary N) is 1. The Morgan fingerprint density at radius 3 is 2.71 bits per heavy atom. The molecule has 2 unspecified atom stereocenters. The first-order chi connectivity index (χ1) is 7.96. The molecule has 6 heteroatoms. The smallest absolute Gasteiger partial charge is 0.222 e. The number of rotatable bonds is 2. The van der Waals surface area contributed by atoms with E-state index < -0.39 is 9.84 Å². The highest BCUT2D eigenvalue weighted by atomic mass is 32.2. The van der Waals surface area contributed by atoms with E-state index in [1.807, 2.05) is 0 Å². The lowest BCUT2D eigenvalue weighted by Gasteiger charge is -2.31. The molecule has 5 nitrogen and oxygen atoms in total. The van der Waals surface area contributed by atoms with E-state index in [0.29, 0.717) is 19.4 Å². The molecule has 0 aliphatic carbocycles. The highest BCUT2D eigenvalue weighted by Gasteiger charge is 2.31. The van der Waals surface area contributed by atoms with Crippen LogP contribution in [0.2, 0.25) is 0 Å². The van der Waals surface area contributed by atoms with E-state index in [-0.39, 0.29) is 29.4 Å². The predicted octanol–water partition coefficient (Wildman–Crippen LogP) is -0.239. The second kappa shape index (κ2) is 4.94. The van der Waals surface area contributed by atoms with E-state index in [1.165, 1.54) is 0 Å². The minimum atomic E-state index is -2.88. The van der Waals surface area contributed by atoms with Crippen LogP contribution in [-0.4, -0.2) is 49.9 Å². The van der Waals surface area contributed by atoms with Crippen LogP contribution in [0.5, 0.6) is 0 Å². The molecule has 0 aromatic heterocycles. The van der Waals surface area contributed by atoms with Gasteiger partial charge in [0.05, 0.1) is 11.5 Å². The van der Waals surface area contributed by atoms with Gasteiger partial charge in [-0.2, -0.15) is 0 Å². The number of piperidine rings is 1. The van der Waals surface area contributed by atoms with Gasteiger partial charge in [0.1, 0.15) is 0 Å². The second-order valence-electron chi connectivity index (χ2n) is 5.22. The average Bonchev–Trinajstić information content (AvgIpc) is 2.58. The van der Waals surface area contributed by atoms with Crippen molar-refractivity contribution in [3.05, 3.63) is 0 Å². The third-order valence-electron chi connectivity index (χ3n) is 3.60. The molecule has 2 atom stereocenters. The van der Waals surface area contributed by atoms with Crippen molar-refractivity contribution >= 4 is 15.7 Å². The van der Waals surface area contributed by atoms with E-state index in [0.717, 1.165) is 19.4 Å². The summed E-state index contributed by atoms with van der Waals surface area (Å²) >= 11 is 0. The molecule has 0 aromatic carbocycles. The van der Waals surface area contributed by atoms with Crippen molar-refractivity contribution in [1.82, 2.24) is 4.90 Å². The summed E-state index contributed by atoms with van der Waals surface area (Å²) in [6.07, 6.45) is 2.93. The van der Waals surface area contributed by atoms with E-state index in [9.17, 15) is 13.2 Å². The number of sulfone groups is 1. The van der Waals surface area contributed by atoms with Gasteiger partial charge in [-0.15, -0.1) is 0 Å². The molecule has 2 rings (SSSR count). The van der Waals surface area contributed by atoms with Gasteiger partial charge in [-0.1, -0.05) is 0 Å². The van der Waals surface area contributed by atoms with Crippen LogP contribution in [0.15, 0.2) is 0 Å². The van der Waals surface area contributed by atoms with Crippen LogP contribution in [-0.2, 0) is 14.6 Å². The van der Waals surface area contributed by atoms with Crippen LogP contribution in [0.1, 0.15) is 25.7 Å². The van der Waals surface area contributed by atoms with Gasteiger partial charge in [0, 0.05) is 25.6 Å². The summed E-state index contributed by atoms with van der Waals surface area (Å²) < 4.78 is 22.6. The molecule has 2 aliphatic heterocycles. The van der Waals surface area contributed by atoms with Gasteiger partial charge in [-0.05, 0) is 25.2 Å². The Bertz CT molecular complexity index is 394. The molecule has 0 aromatic rings. The molecule has 2 heterocycles. The SMILES string of the molecule is NC1CCCN(C(=O)CC2CCS(=O)(=O)C2)C1. The lowest BCUT2D eigenvalue weighted by Crippen LogP contribution is -2.46. The van der Waals surface area contributed by atoms with E-state index in [4.69, 9.17) is 5.73 Å². The number of carbonyl (C=O) groups excluding carboxylic acids is 1.